The van der Waals surface area contributed by atoms with E-state index in [9.17, 15) is 9.59 Å². The summed E-state index contributed by atoms with van der Waals surface area (Å²) in [5, 5.41) is 17.5. The Kier molecular flexibility index (Phi) is 6.34. The minimum atomic E-state index is -1.02. The molecule has 0 spiro atoms. The van der Waals surface area contributed by atoms with Gasteiger partial charge < -0.3 is 25.4 Å². The maximum atomic E-state index is 13.1. The van der Waals surface area contributed by atoms with E-state index in [0.29, 0.717) is 22.2 Å². The summed E-state index contributed by atoms with van der Waals surface area (Å²) in [6, 6.07) is 13.6. The number of rotatable bonds is 7. The molecule has 1 amide bonds. The van der Waals surface area contributed by atoms with E-state index in [1.807, 2.05) is 42.5 Å². The van der Waals surface area contributed by atoms with E-state index in [1.165, 1.54) is 11.3 Å². The van der Waals surface area contributed by atoms with Crippen LogP contribution in [0.15, 0.2) is 42.5 Å². The fraction of sp³-hybridized carbons (Fsp3) is 0.318. The van der Waals surface area contributed by atoms with Crippen molar-refractivity contribution in [2.24, 2.45) is 0 Å². The van der Waals surface area contributed by atoms with Gasteiger partial charge >= 0.3 is 5.97 Å². The van der Waals surface area contributed by atoms with Crippen LogP contribution in [0.1, 0.15) is 22.5 Å². The Bertz CT molecular complexity index is 1100. The Balaban J connectivity index is 1.58. The van der Waals surface area contributed by atoms with Crippen molar-refractivity contribution < 1.29 is 19.4 Å². The van der Waals surface area contributed by atoms with Crippen LogP contribution < -0.4 is 15.5 Å². The second-order valence-electron chi connectivity index (χ2n) is 7.38. The Labute approximate surface area is 183 Å². The van der Waals surface area contributed by atoms with Crippen molar-refractivity contribution in [1.82, 2.24) is 4.98 Å². The first-order valence-corrected chi connectivity index (χ1v) is 10.9. The van der Waals surface area contributed by atoms with Crippen molar-refractivity contribution in [3.8, 4) is 0 Å². The lowest BCUT2D eigenvalue weighted by atomic mass is 10.1. The van der Waals surface area contributed by atoms with Crippen LogP contribution in [0.5, 0.6) is 0 Å². The third-order valence-electron chi connectivity index (χ3n) is 5.22. The van der Waals surface area contributed by atoms with E-state index in [2.05, 4.69) is 20.5 Å². The topological polar surface area (TPSA) is 104 Å². The lowest BCUT2D eigenvalue weighted by Crippen LogP contribution is -2.39. The molecule has 162 valence electrons. The van der Waals surface area contributed by atoms with Crippen LogP contribution in [0.4, 0.5) is 16.6 Å². The van der Waals surface area contributed by atoms with Gasteiger partial charge in [0.1, 0.15) is 11.4 Å². The molecule has 3 aromatic rings. The molecule has 0 saturated carbocycles. The lowest BCUT2D eigenvalue weighted by Gasteiger charge is -2.31. The highest BCUT2D eigenvalue weighted by molar-refractivity contribution is 7.18. The minimum Gasteiger partial charge on any atom is -0.480 e. The van der Waals surface area contributed by atoms with Crippen molar-refractivity contribution in [2.75, 3.05) is 42.3 Å². The second-order valence-corrected chi connectivity index (χ2v) is 8.36. The van der Waals surface area contributed by atoms with Crippen LogP contribution >= 0.6 is 11.3 Å². The smallest absolute Gasteiger partial charge is 0.322 e. The quantitative estimate of drug-likeness (QED) is 0.515. The summed E-state index contributed by atoms with van der Waals surface area (Å²) in [7, 11) is 1.69. The molecule has 0 radical (unpaired) electrons. The fourth-order valence-electron chi connectivity index (χ4n) is 3.64. The maximum Gasteiger partial charge on any atom is 0.322 e. The zero-order valence-electron chi connectivity index (χ0n) is 17.1. The van der Waals surface area contributed by atoms with E-state index in [4.69, 9.17) is 9.84 Å². The number of nitrogens with zero attached hydrogens (tertiary/aromatic N) is 2. The summed E-state index contributed by atoms with van der Waals surface area (Å²) in [6.07, 6.45) is 2.06. The molecule has 1 aliphatic heterocycles. The van der Waals surface area contributed by atoms with Gasteiger partial charge in [-0.1, -0.05) is 41.7 Å². The first-order chi connectivity index (χ1) is 15.0. The fourth-order valence-corrected chi connectivity index (χ4v) is 4.61. The van der Waals surface area contributed by atoms with Crippen LogP contribution in [0.3, 0.4) is 0 Å². The number of carbonyl (C=O) groups excluding carboxylic acids is 1. The highest BCUT2D eigenvalue weighted by Gasteiger charge is 2.26. The van der Waals surface area contributed by atoms with Gasteiger partial charge in [0.2, 0.25) is 0 Å². The number of carboxylic acid groups (broad SMARTS) is 1. The lowest BCUT2D eigenvalue weighted by molar-refractivity contribution is -0.134. The number of fused-ring (bicyclic) bond motifs is 1. The second kappa shape index (κ2) is 9.32. The van der Waals surface area contributed by atoms with Crippen molar-refractivity contribution in [3.63, 3.8) is 0 Å². The van der Waals surface area contributed by atoms with Crippen molar-refractivity contribution in [1.29, 1.82) is 0 Å². The number of aromatic nitrogens is 1. The molecule has 1 aromatic heterocycles. The van der Waals surface area contributed by atoms with Crippen molar-refractivity contribution >= 4 is 50.6 Å². The number of hydrogen-bond donors (Lipinski definition) is 3. The molecule has 3 N–H and O–H groups in total. The van der Waals surface area contributed by atoms with Crippen molar-refractivity contribution in [3.05, 3.63) is 47.3 Å². The third kappa shape index (κ3) is 4.95. The average Bonchev–Trinajstić information content (AvgIpc) is 3.22. The van der Waals surface area contributed by atoms with Crippen LogP contribution in [-0.2, 0) is 9.53 Å². The largest absolute Gasteiger partial charge is 0.480 e. The Morgan fingerprint density at radius 3 is 2.84 bits per heavy atom. The number of anilines is 3. The zero-order chi connectivity index (χ0) is 21.8. The SMILES string of the molecule is CO[C@@H]1CCCN(c2nc(NCC(=O)O)c(C(=O)Nc3ccc4ccccc4c3)s2)C1. The number of thiazole rings is 1. The predicted molar refractivity (Wildman–Crippen MR) is 122 cm³/mol. The van der Waals surface area contributed by atoms with Gasteiger partial charge in [0, 0.05) is 25.9 Å². The van der Waals surface area contributed by atoms with Crippen LogP contribution in [0, 0.1) is 0 Å². The number of piperidine rings is 1. The first-order valence-electron chi connectivity index (χ1n) is 10.1. The molecule has 0 unspecified atom stereocenters. The highest BCUT2D eigenvalue weighted by Crippen LogP contribution is 2.33. The van der Waals surface area contributed by atoms with E-state index in [-0.39, 0.29) is 24.4 Å². The number of amides is 1. The molecule has 1 saturated heterocycles. The molecule has 1 fully saturated rings. The van der Waals surface area contributed by atoms with Crippen LogP contribution in [0.25, 0.3) is 10.8 Å². The molecule has 1 aliphatic rings. The molecule has 1 atom stereocenters. The summed E-state index contributed by atoms with van der Waals surface area (Å²) in [5.74, 6) is -1.07. The van der Waals surface area contributed by atoms with E-state index in [0.717, 1.165) is 30.2 Å². The molecule has 2 aromatic carbocycles. The molecular weight excluding hydrogens is 416 g/mol. The van der Waals surface area contributed by atoms with E-state index in [1.54, 1.807) is 7.11 Å². The Morgan fingerprint density at radius 1 is 1.26 bits per heavy atom. The molecule has 0 bridgehead atoms. The number of ether oxygens (including phenoxy) is 1. The Hall–Kier alpha value is -3.17. The summed E-state index contributed by atoms with van der Waals surface area (Å²) in [5.41, 5.74) is 0.667. The number of aliphatic carboxylic acids is 1. The number of benzene rings is 2. The normalized spacial score (nSPS) is 16.3. The van der Waals surface area contributed by atoms with E-state index < -0.39 is 5.97 Å². The van der Waals surface area contributed by atoms with Gasteiger partial charge in [-0.05, 0) is 35.7 Å². The van der Waals surface area contributed by atoms with Crippen molar-refractivity contribution in [2.45, 2.75) is 18.9 Å². The van der Waals surface area contributed by atoms with Crippen LogP contribution in [-0.4, -0.2) is 54.8 Å². The highest BCUT2D eigenvalue weighted by atomic mass is 32.1. The zero-order valence-corrected chi connectivity index (χ0v) is 17.9. The van der Waals surface area contributed by atoms with Gasteiger partial charge in [-0.15, -0.1) is 0 Å². The van der Waals surface area contributed by atoms with Gasteiger partial charge in [0.05, 0.1) is 6.10 Å². The number of nitrogens with one attached hydrogen (secondary N) is 2. The standard InChI is InChI=1S/C22H24N4O4S/c1-30-17-7-4-10-26(13-17)22-25-20(23-12-18(27)28)19(31-22)21(29)24-16-9-8-14-5-2-3-6-15(14)11-16/h2-3,5-6,8-9,11,17,23H,4,7,10,12-13H2,1H3,(H,24,29)(H,27,28)/t17-/m1/s1. The predicted octanol–water partition coefficient (Wildman–Crippen LogP) is 3.66. The number of methoxy groups -OCH3 is 1. The molecule has 9 heteroatoms. The maximum absolute atomic E-state index is 13.1. The molecule has 0 aliphatic carbocycles. The molecule has 2 heterocycles. The van der Waals surface area contributed by atoms with Gasteiger partial charge in [0.15, 0.2) is 10.9 Å². The summed E-state index contributed by atoms with van der Waals surface area (Å²) < 4.78 is 5.48. The van der Waals surface area contributed by atoms with Crippen LogP contribution in [0.2, 0.25) is 0 Å². The summed E-state index contributed by atoms with van der Waals surface area (Å²) in [6.45, 7) is 1.19. The van der Waals surface area contributed by atoms with Gasteiger partial charge in [-0.2, -0.15) is 0 Å². The number of hydrogen-bond acceptors (Lipinski definition) is 7. The molecule has 4 rings (SSSR count). The average molecular weight is 441 g/mol. The summed E-state index contributed by atoms with van der Waals surface area (Å²) >= 11 is 1.25. The minimum absolute atomic E-state index is 0.114. The monoisotopic (exact) mass is 440 g/mol. The van der Waals surface area contributed by atoms with E-state index >= 15 is 0 Å². The summed E-state index contributed by atoms with van der Waals surface area (Å²) in [4.78, 5) is 31.1. The van der Waals surface area contributed by atoms with Gasteiger partial charge in [0.25, 0.3) is 5.91 Å². The molecular formula is C22H24N4O4S. The molecule has 31 heavy (non-hydrogen) atoms. The number of carbonyl (C=O) groups is 2. The van der Waals surface area contributed by atoms with Gasteiger partial charge in [-0.3, -0.25) is 9.59 Å². The molecule has 8 nitrogen and oxygen atoms in total. The Morgan fingerprint density at radius 2 is 2.06 bits per heavy atom. The third-order valence-corrected chi connectivity index (χ3v) is 6.33. The van der Waals surface area contributed by atoms with Gasteiger partial charge in [-0.25, -0.2) is 4.98 Å². The number of carboxylic acids is 1. The first kappa shape index (κ1) is 21.1.